The van der Waals surface area contributed by atoms with Crippen molar-refractivity contribution < 1.29 is 55.7 Å². The topological polar surface area (TPSA) is 213 Å². The standard InChI is InChI=1S/C24H29N7O2.2C2HF3O2/c1-14-10-11-18-17(12-14)21(29-19-8-3-4-9-20(19)30-24(25)26)31-22(28-18)23(32)27-15-6-5-7-16(13-15)33-2;2*3-2(4,5)1(6)7/h5-7,10-13,19-20H,3-4,8-9H2,1-2H3,(H,27,32)(H4,25,26,30)(H,28,29,31);2*(H,6,7). The number of guanidine groups is 1. The fraction of sp³-hybridized carbons (Fsp3) is 0.357. The summed E-state index contributed by atoms with van der Waals surface area (Å²) in [5, 5.41) is 32.2. The second kappa shape index (κ2) is 16.3. The zero-order valence-corrected chi connectivity index (χ0v) is 24.8. The van der Waals surface area contributed by atoms with Gasteiger partial charge in [0.1, 0.15) is 11.6 Å². The number of carbonyl (C=O) groups is 3. The molecule has 0 saturated heterocycles. The molecule has 1 heterocycles. The second-order valence-corrected chi connectivity index (χ2v) is 9.91. The molecule has 13 nitrogen and oxygen atoms in total. The fourth-order valence-corrected chi connectivity index (χ4v) is 4.19. The van der Waals surface area contributed by atoms with Crippen LogP contribution in [-0.4, -0.2) is 75.5 Å². The largest absolute Gasteiger partial charge is 0.497 e. The Morgan fingerprint density at radius 1 is 0.936 bits per heavy atom. The molecule has 0 radical (unpaired) electrons. The molecule has 1 saturated carbocycles. The van der Waals surface area contributed by atoms with Crippen LogP contribution < -0.4 is 26.4 Å². The minimum Gasteiger partial charge on any atom is -0.497 e. The predicted molar refractivity (Wildman–Crippen MR) is 157 cm³/mol. The number of methoxy groups -OCH3 is 1. The van der Waals surface area contributed by atoms with Crippen LogP contribution in [0.4, 0.5) is 37.8 Å². The number of nitrogens with two attached hydrogens (primary N) is 1. The zero-order valence-electron chi connectivity index (χ0n) is 24.8. The first-order valence-corrected chi connectivity index (χ1v) is 13.5. The Morgan fingerprint density at radius 3 is 2.04 bits per heavy atom. The molecular weight excluding hydrogens is 644 g/mol. The van der Waals surface area contributed by atoms with Crippen LogP contribution in [0.15, 0.2) is 42.5 Å². The third-order valence-electron chi connectivity index (χ3n) is 6.30. The number of carboxylic acid groups (broad SMARTS) is 2. The lowest BCUT2D eigenvalue weighted by molar-refractivity contribution is -0.193. The quantitative estimate of drug-likeness (QED) is 0.108. The van der Waals surface area contributed by atoms with Gasteiger partial charge in [0.05, 0.1) is 12.6 Å². The van der Waals surface area contributed by atoms with E-state index in [0.717, 1.165) is 36.6 Å². The Bertz CT molecular complexity index is 1560. The van der Waals surface area contributed by atoms with Crippen LogP contribution >= 0.6 is 0 Å². The molecule has 1 aromatic heterocycles. The van der Waals surface area contributed by atoms with E-state index in [1.165, 1.54) is 0 Å². The summed E-state index contributed by atoms with van der Waals surface area (Å²) >= 11 is 0. The van der Waals surface area contributed by atoms with Crippen molar-refractivity contribution in [2.24, 2.45) is 5.73 Å². The Kier molecular flexibility index (Phi) is 13.1. The summed E-state index contributed by atoms with van der Waals surface area (Å²) < 4.78 is 68.7. The first kappa shape index (κ1) is 37.8. The number of alkyl halides is 6. The maximum Gasteiger partial charge on any atom is 0.490 e. The van der Waals surface area contributed by atoms with E-state index in [-0.39, 0.29) is 23.9 Å². The van der Waals surface area contributed by atoms with Gasteiger partial charge >= 0.3 is 24.3 Å². The van der Waals surface area contributed by atoms with E-state index in [9.17, 15) is 31.1 Å². The van der Waals surface area contributed by atoms with E-state index in [4.69, 9.17) is 35.7 Å². The SMILES string of the molecule is COc1cccc(NC(=O)c2nc(NC3CCCCC3NC(=N)N)c3cc(C)ccc3n2)c1.O=C(O)C(F)(F)F.O=C(O)C(F)(F)F. The molecular formula is C28H31F6N7O6. The van der Waals surface area contributed by atoms with E-state index in [2.05, 4.69) is 25.9 Å². The number of fused-ring (bicyclic) bond motifs is 1. The number of benzene rings is 2. The maximum atomic E-state index is 13.0. The Balaban J connectivity index is 0.000000459. The number of nitrogens with one attached hydrogen (secondary N) is 4. The summed E-state index contributed by atoms with van der Waals surface area (Å²) in [7, 11) is 1.58. The Hall–Kier alpha value is -5.36. The lowest BCUT2D eigenvalue weighted by atomic mass is 9.90. The van der Waals surface area contributed by atoms with Crippen molar-refractivity contribution in [3.63, 3.8) is 0 Å². The first-order valence-electron chi connectivity index (χ1n) is 13.5. The number of carbonyl (C=O) groups excluding carboxylic acids is 1. The fourth-order valence-electron chi connectivity index (χ4n) is 4.19. The summed E-state index contributed by atoms with van der Waals surface area (Å²) in [6, 6.07) is 13.0. The van der Waals surface area contributed by atoms with Gasteiger partial charge < -0.3 is 36.6 Å². The number of amides is 1. The highest BCUT2D eigenvalue weighted by atomic mass is 19.4. The molecule has 2 unspecified atom stereocenters. The second-order valence-electron chi connectivity index (χ2n) is 9.91. The van der Waals surface area contributed by atoms with Gasteiger partial charge in [-0.3, -0.25) is 10.2 Å². The Labute approximate surface area is 263 Å². The number of carboxylic acids is 2. The minimum absolute atomic E-state index is 0.0140. The molecule has 2 atom stereocenters. The lowest BCUT2D eigenvalue weighted by Gasteiger charge is -2.33. The highest BCUT2D eigenvalue weighted by molar-refractivity contribution is 6.04. The molecule has 256 valence electrons. The van der Waals surface area contributed by atoms with Gasteiger partial charge in [0, 0.05) is 29.2 Å². The molecule has 4 rings (SSSR count). The molecule has 1 amide bonds. The number of hydrogen-bond donors (Lipinski definition) is 7. The van der Waals surface area contributed by atoms with E-state index in [1.807, 2.05) is 31.2 Å². The van der Waals surface area contributed by atoms with Gasteiger partial charge in [0.25, 0.3) is 5.91 Å². The molecule has 3 aromatic rings. The van der Waals surface area contributed by atoms with Crippen molar-refractivity contribution in [2.45, 2.75) is 57.0 Å². The van der Waals surface area contributed by atoms with Crippen LogP contribution in [0.3, 0.4) is 0 Å². The van der Waals surface area contributed by atoms with Crippen LogP contribution in [0, 0.1) is 12.3 Å². The molecule has 1 aliphatic rings. The molecule has 1 fully saturated rings. The van der Waals surface area contributed by atoms with Gasteiger partial charge in [-0.25, -0.2) is 19.6 Å². The highest BCUT2D eigenvalue weighted by Gasteiger charge is 2.39. The number of aromatic nitrogens is 2. The molecule has 8 N–H and O–H groups in total. The van der Waals surface area contributed by atoms with Crippen molar-refractivity contribution in [1.82, 2.24) is 15.3 Å². The van der Waals surface area contributed by atoms with Crippen molar-refractivity contribution >= 4 is 46.2 Å². The molecule has 1 aliphatic carbocycles. The van der Waals surface area contributed by atoms with Crippen LogP contribution in [-0.2, 0) is 9.59 Å². The smallest absolute Gasteiger partial charge is 0.490 e. The summed E-state index contributed by atoms with van der Waals surface area (Å²) in [5.41, 5.74) is 7.96. The number of halogens is 6. The molecule has 0 bridgehead atoms. The number of aliphatic carboxylic acids is 2. The van der Waals surface area contributed by atoms with Crippen molar-refractivity contribution in [2.75, 3.05) is 17.7 Å². The van der Waals surface area contributed by atoms with Gasteiger partial charge in [0.2, 0.25) is 5.82 Å². The number of aryl methyl sites for hydroxylation is 1. The van der Waals surface area contributed by atoms with Crippen molar-refractivity contribution in [3.05, 3.63) is 53.9 Å². The summed E-state index contributed by atoms with van der Waals surface area (Å²) in [5.74, 6) is -4.65. The molecule has 2 aromatic carbocycles. The number of nitrogens with zero attached hydrogens (tertiary/aromatic N) is 2. The van der Waals surface area contributed by atoms with Crippen LogP contribution in [0.25, 0.3) is 10.9 Å². The third kappa shape index (κ3) is 12.2. The number of hydrogen-bond acceptors (Lipinski definition) is 8. The van der Waals surface area contributed by atoms with Gasteiger partial charge in [-0.1, -0.05) is 30.5 Å². The van der Waals surface area contributed by atoms with Gasteiger partial charge in [-0.15, -0.1) is 0 Å². The van der Waals surface area contributed by atoms with Gasteiger partial charge in [-0.2, -0.15) is 26.3 Å². The van der Waals surface area contributed by atoms with Crippen LogP contribution in [0.1, 0.15) is 41.9 Å². The van der Waals surface area contributed by atoms with Gasteiger partial charge in [-0.05, 0) is 44.0 Å². The molecule has 47 heavy (non-hydrogen) atoms. The predicted octanol–water partition coefficient (Wildman–Crippen LogP) is 4.67. The van der Waals surface area contributed by atoms with Crippen LogP contribution in [0.2, 0.25) is 0 Å². The van der Waals surface area contributed by atoms with E-state index >= 15 is 0 Å². The Morgan fingerprint density at radius 2 is 1.51 bits per heavy atom. The third-order valence-corrected chi connectivity index (χ3v) is 6.30. The average Bonchev–Trinajstić information content (AvgIpc) is 2.97. The number of rotatable bonds is 6. The van der Waals surface area contributed by atoms with E-state index < -0.39 is 30.2 Å². The summed E-state index contributed by atoms with van der Waals surface area (Å²) in [6.45, 7) is 2.01. The van der Waals surface area contributed by atoms with E-state index in [1.54, 1.807) is 25.3 Å². The summed E-state index contributed by atoms with van der Waals surface area (Å²) in [4.78, 5) is 39.9. The number of ether oxygens (including phenoxy) is 1. The first-order chi connectivity index (χ1) is 21.8. The highest BCUT2D eigenvalue weighted by Crippen LogP contribution is 2.27. The van der Waals surface area contributed by atoms with Crippen molar-refractivity contribution in [3.8, 4) is 5.75 Å². The zero-order chi connectivity index (χ0) is 35.5. The van der Waals surface area contributed by atoms with Crippen LogP contribution in [0.5, 0.6) is 5.75 Å². The number of anilines is 2. The molecule has 0 spiro atoms. The monoisotopic (exact) mass is 675 g/mol. The summed E-state index contributed by atoms with van der Waals surface area (Å²) in [6.07, 6.45) is -6.21. The average molecular weight is 676 g/mol. The lowest BCUT2D eigenvalue weighted by Crippen LogP contribution is -2.50. The molecule has 0 aliphatic heterocycles. The normalized spacial score (nSPS) is 15.9. The van der Waals surface area contributed by atoms with Crippen molar-refractivity contribution in [1.29, 1.82) is 5.41 Å². The van der Waals surface area contributed by atoms with E-state index in [0.29, 0.717) is 22.8 Å². The maximum absolute atomic E-state index is 13.0. The molecule has 19 heteroatoms. The minimum atomic E-state index is -5.08. The van der Waals surface area contributed by atoms with Gasteiger partial charge in [0.15, 0.2) is 5.96 Å².